The van der Waals surface area contributed by atoms with Gasteiger partial charge in [-0.3, -0.25) is 4.99 Å². The molecular weight excluding hydrogens is 128 g/mol. The van der Waals surface area contributed by atoms with Gasteiger partial charge in [-0.25, -0.2) is 0 Å². The Morgan fingerprint density at radius 3 is 3.00 bits per heavy atom. The first kappa shape index (κ1) is 6.62. The second-order valence-corrected chi connectivity index (χ2v) is 2.04. The van der Waals surface area contributed by atoms with Gasteiger partial charge in [0.1, 0.15) is 11.9 Å². The van der Waals surface area contributed by atoms with Gasteiger partial charge in [-0.2, -0.15) is 5.26 Å². The number of nitrogens with one attached hydrogen (secondary N) is 1. The molecular formula is C6H8N4. The zero-order valence-electron chi connectivity index (χ0n) is 5.46. The molecule has 0 aromatic rings. The van der Waals surface area contributed by atoms with E-state index in [1.165, 1.54) is 0 Å². The zero-order valence-corrected chi connectivity index (χ0v) is 5.46. The third kappa shape index (κ3) is 1.08. The molecule has 52 valence electrons. The fourth-order valence-corrected chi connectivity index (χ4v) is 0.706. The van der Waals surface area contributed by atoms with E-state index in [4.69, 9.17) is 11.0 Å². The molecule has 4 heteroatoms. The van der Waals surface area contributed by atoms with Gasteiger partial charge in [0.15, 0.2) is 0 Å². The molecule has 0 saturated carbocycles. The molecule has 0 radical (unpaired) electrons. The lowest BCUT2D eigenvalue weighted by atomic mass is 10.3. The molecule has 1 rings (SSSR count). The number of amidine groups is 1. The van der Waals surface area contributed by atoms with Crippen LogP contribution in [0.1, 0.15) is 0 Å². The van der Waals surface area contributed by atoms with E-state index in [0.717, 1.165) is 0 Å². The topological polar surface area (TPSA) is 74.2 Å². The van der Waals surface area contributed by atoms with Crippen molar-refractivity contribution >= 4 is 5.84 Å². The predicted molar refractivity (Wildman–Crippen MR) is 38.2 cm³/mol. The van der Waals surface area contributed by atoms with Gasteiger partial charge in [-0.15, -0.1) is 0 Å². The molecule has 0 aromatic carbocycles. The van der Waals surface area contributed by atoms with E-state index >= 15 is 0 Å². The fraction of sp³-hybridized carbons (Fsp3) is 0.333. The quantitative estimate of drug-likeness (QED) is 0.503. The maximum atomic E-state index is 8.41. The summed E-state index contributed by atoms with van der Waals surface area (Å²) in [6.07, 6.45) is 0. The minimum Gasteiger partial charge on any atom is -0.396 e. The highest BCUT2D eigenvalue weighted by atomic mass is 15.1. The SMILES string of the molecule is C=C(N)C1=NCC(C#N)N1. The summed E-state index contributed by atoms with van der Waals surface area (Å²) in [5, 5.41) is 11.2. The number of nitrogens with zero attached hydrogens (tertiary/aromatic N) is 2. The number of nitrogens with two attached hydrogens (primary N) is 1. The lowest BCUT2D eigenvalue weighted by molar-refractivity contribution is 0.810. The number of nitriles is 1. The summed E-state index contributed by atoms with van der Waals surface area (Å²) in [5.74, 6) is 0.548. The molecule has 0 saturated heterocycles. The van der Waals surface area contributed by atoms with Crippen molar-refractivity contribution in [2.45, 2.75) is 6.04 Å². The van der Waals surface area contributed by atoms with Gasteiger partial charge in [0.25, 0.3) is 0 Å². The van der Waals surface area contributed by atoms with Crippen LogP contribution in [-0.4, -0.2) is 18.4 Å². The zero-order chi connectivity index (χ0) is 7.56. The number of aliphatic imine (C=N–C) groups is 1. The largest absolute Gasteiger partial charge is 0.396 e. The van der Waals surface area contributed by atoms with Gasteiger partial charge in [0, 0.05) is 0 Å². The molecule has 0 amide bonds. The molecule has 4 nitrogen and oxygen atoms in total. The Morgan fingerprint density at radius 2 is 2.70 bits per heavy atom. The first-order chi connectivity index (χ1) is 4.74. The Balaban J connectivity index is 2.57. The highest BCUT2D eigenvalue weighted by molar-refractivity contribution is 5.98. The van der Waals surface area contributed by atoms with Crippen LogP contribution < -0.4 is 11.1 Å². The van der Waals surface area contributed by atoms with Gasteiger partial charge in [-0.05, 0) is 0 Å². The molecule has 1 unspecified atom stereocenters. The van der Waals surface area contributed by atoms with Crippen molar-refractivity contribution in [2.75, 3.05) is 6.54 Å². The highest BCUT2D eigenvalue weighted by Crippen LogP contribution is 1.96. The van der Waals surface area contributed by atoms with Crippen LogP contribution in [0.5, 0.6) is 0 Å². The van der Waals surface area contributed by atoms with Crippen LogP contribution in [0.4, 0.5) is 0 Å². The monoisotopic (exact) mass is 136 g/mol. The maximum Gasteiger partial charge on any atom is 0.145 e. The van der Waals surface area contributed by atoms with Crippen LogP contribution in [0, 0.1) is 11.3 Å². The first-order valence-electron chi connectivity index (χ1n) is 2.89. The molecule has 10 heavy (non-hydrogen) atoms. The van der Waals surface area contributed by atoms with Crippen molar-refractivity contribution in [1.82, 2.24) is 5.32 Å². The maximum absolute atomic E-state index is 8.41. The van der Waals surface area contributed by atoms with Gasteiger partial charge in [-0.1, -0.05) is 6.58 Å². The van der Waals surface area contributed by atoms with Gasteiger partial charge in [0.05, 0.1) is 18.3 Å². The third-order valence-corrected chi connectivity index (χ3v) is 1.20. The average molecular weight is 136 g/mol. The van der Waals surface area contributed by atoms with E-state index in [9.17, 15) is 0 Å². The summed E-state index contributed by atoms with van der Waals surface area (Å²) in [7, 11) is 0. The highest BCUT2D eigenvalue weighted by Gasteiger charge is 2.16. The molecule has 0 bridgehead atoms. The van der Waals surface area contributed by atoms with Crippen LogP contribution in [0.2, 0.25) is 0 Å². The van der Waals surface area contributed by atoms with E-state index in [-0.39, 0.29) is 6.04 Å². The normalized spacial score (nSPS) is 22.7. The van der Waals surface area contributed by atoms with Crippen molar-refractivity contribution in [1.29, 1.82) is 5.26 Å². The third-order valence-electron chi connectivity index (χ3n) is 1.20. The summed E-state index contributed by atoms with van der Waals surface area (Å²) in [6, 6.07) is 1.80. The molecule has 0 aliphatic carbocycles. The lowest BCUT2D eigenvalue weighted by Gasteiger charge is -2.01. The Kier molecular flexibility index (Phi) is 1.59. The molecule has 1 heterocycles. The number of hydrogen-bond acceptors (Lipinski definition) is 4. The van der Waals surface area contributed by atoms with Crippen LogP contribution >= 0.6 is 0 Å². The van der Waals surface area contributed by atoms with Crippen molar-refractivity contribution in [2.24, 2.45) is 10.7 Å². The summed E-state index contributed by atoms with van der Waals surface area (Å²) in [6.45, 7) is 3.96. The lowest BCUT2D eigenvalue weighted by Crippen LogP contribution is -2.31. The molecule has 0 fully saturated rings. The minimum absolute atomic E-state index is 0.227. The van der Waals surface area contributed by atoms with Crippen molar-refractivity contribution in [3.8, 4) is 6.07 Å². The Bertz CT molecular complexity index is 222. The van der Waals surface area contributed by atoms with Gasteiger partial charge >= 0.3 is 0 Å². The molecule has 1 aliphatic rings. The molecule has 0 spiro atoms. The fourth-order valence-electron chi connectivity index (χ4n) is 0.706. The van der Waals surface area contributed by atoms with Gasteiger partial charge < -0.3 is 11.1 Å². The Labute approximate surface area is 59.0 Å². The van der Waals surface area contributed by atoms with Crippen molar-refractivity contribution in [3.05, 3.63) is 12.3 Å². The molecule has 1 atom stereocenters. The standard InChI is InChI=1S/C6H8N4/c1-4(8)6-9-3-5(2-7)10-6/h5H,1,3,8H2,(H,9,10). The van der Waals surface area contributed by atoms with E-state index in [1.54, 1.807) is 0 Å². The van der Waals surface area contributed by atoms with Crippen LogP contribution in [-0.2, 0) is 0 Å². The molecule has 1 aliphatic heterocycles. The first-order valence-corrected chi connectivity index (χ1v) is 2.89. The van der Waals surface area contributed by atoms with Gasteiger partial charge in [0.2, 0.25) is 0 Å². The van der Waals surface area contributed by atoms with Crippen molar-refractivity contribution in [3.63, 3.8) is 0 Å². The smallest absolute Gasteiger partial charge is 0.145 e. The summed E-state index contributed by atoms with van der Waals surface area (Å²) >= 11 is 0. The average Bonchev–Trinajstić information content (AvgIpc) is 2.34. The van der Waals surface area contributed by atoms with E-state index in [0.29, 0.717) is 18.1 Å². The van der Waals surface area contributed by atoms with Crippen LogP contribution in [0.25, 0.3) is 0 Å². The number of rotatable bonds is 1. The predicted octanol–water partition coefficient (Wildman–Crippen LogP) is -0.647. The summed E-state index contributed by atoms with van der Waals surface area (Å²) in [5.41, 5.74) is 5.70. The summed E-state index contributed by atoms with van der Waals surface area (Å²) in [4.78, 5) is 3.95. The van der Waals surface area contributed by atoms with E-state index in [2.05, 4.69) is 16.9 Å². The van der Waals surface area contributed by atoms with Crippen LogP contribution in [0.15, 0.2) is 17.3 Å². The Morgan fingerprint density at radius 1 is 2.00 bits per heavy atom. The summed E-state index contributed by atoms with van der Waals surface area (Å²) < 4.78 is 0. The second kappa shape index (κ2) is 2.40. The van der Waals surface area contributed by atoms with Crippen LogP contribution in [0.3, 0.4) is 0 Å². The van der Waals surface area contributed by atoms with E-state index in [1.807, 2.05) is 6.07 Å². The van der Waals surface area contributed by atoms with Crippen molar-refractivity contribution < 1.29 is 0 Å². The molecule has 3 N–H and O–H groups in total. The Hall–Kier alpha value is -1.50. The number of hydrogen-bond donors (Lipinski definition) is 2. The second-order valence-electron chi connectivity index (χ2n) is 2.04. The molecule has 0 aromatic heterocycles. The van der Waals surface area contributed by atoms with E-state index < -0.39 is 0 Å². The minimum atomic E-state index is -0.227.